The van der Waals surface area contributed by atoms with Gasteiger partial charge in [0.1, 0.15) is 5.75 Å². The van der Waals surface area contributed by atoms with Crippen molar-refractivity contribution in [1.82, 2.24) is 9.80 Å². The Labute approximate surface area is 150 Å². The number of aryl methyl sites for hydroxylation is 1. The largest absolute Gasteiger partial charge is 0.484 e. The lowest BCUT2D eigenvalue weighted by molar-refractivity contribution is -0.137. The van der Waals surface area contributed by atoms with Crippen LogP contribution in [0.15, 0.2) is 24.3 Å². The lowest BCUT2D eigenvalue weighted by Crippen LogP contribution is -2.47. The summed E-state index contributed by atoms with van der Waals surface area (Å²) in [5.41, 5.74) is 1.07. The molecule has 5 nitrogen and oxygen atoms in total. The van der Waals surface area contributed by atoms with E-state index in [2.05, 4.69) is 9.80 Å². The zero-order valence-corrected chi connectivity index (χ0v) is 15.3. The Morgan fingerprint density at radius 2 is 2.00 bits per heavy atom. The van der Waals surface area contributed by atoms with Gasteiger partial charge in [-0.05, 0) is 44.2 Å². The number of ether oxygens (including phenoxy) is 2. The number of piperidine rings is 1. The molecule has 0 aromatic heterocycles. The Kier molecular flexibility index (Phi) is 6.70. The summed E-state index contributed by atoms with van der Waals surface area (Å²) in [6.07, 6.45) is 4.48. The molecular weight excluding hydrogens is 316 g/mol. The number of rotatable bonds is 6. The molecule has 2 aliphatic rings. The topological polar surface area (TPSA) is 42.0 Å². The van der Waals surface area contributed by atoms with E-state index in [1.807, 2.05) is 31.2 Å². The monoisotopic (exact) mass is 346 g/mol. The summed E-state index contributed by atoms with van der Waals surface area (Å²) in [7, 11) is 0. The van der Waals surface area contributed by atoms with Crippen molar-refractivity contribution in [3.05, 3.63) is 29.8 Å². The smallest absolute Gasteiger partial charge is 0.260 e. The molecule has 2 aliphatic heterocycles. The van der Waals surface area contributed by atoms with Crippen LogP contribution in [0.2, 0.25) is 0 Å². The maximum Gasteiger partial charge on any atom is 0.260 e. The van der Waals surface area contributed by atoms with E-state index in [9.17, 15) is 4.79 Å². The molecule has 1 aromatic carbocycles. The number of carbonyl (C=O) groups is 1. The van der Waals surface area contributed by atoms with Gasteiger partial charge in [-0.15, -0.1) is 0 Å². The van der Waals surface area contributed by atoms with Crippen LogP contribution in [-0.2, 0) is 9.53 Å². The first-order chi connectivity index (χ1) is 12.2. The second-order valence-electron chi connectivity index (χ2n) is 7.03. The van der Waals surface area contributed by atoms with Gasteiger partial charge < -0.3 is 14.4 Å². The van der Waals surface area contributed by atoms with Crippen molar-refractivity contribution in [2.45, 2.75) is 38.6 Å². The maximum atomic E-state index is 12.7. The minimum absolute atomic E-state index is 0.120. The summed E-state index contributed by atoms with van der Waals surface area (Å²) >= 11 is 0. The SMILES string of the molecule is Cc1ccccc1OCC(=O)N1CCCC[C@@H]1CCN1CCOCC1. The molecule has 0 spiro atoms. The van der Waals surface area contributed by atoms with E-state index in [1.165, 1.54) is 6.42 Å². The molecule has 2 fully saturated rings. The molecule has 0 unspecified atom stereocenters. The molecule has 1 atom stereocenters. The Balaban J connectivity index is 1.50. The van der Waals surface area contributed by atoms with E-state index in [0.717, 1.165) is 70.0 Å². The van der Waals surface area contributed by atoms with Crippen LogP contribution < -0.4 is 4.74 Å². The second kappa shape index (κ2) is 9.20. The van der Waals surface area contributed by atoms with Crippen LogP contribution in [-0.4, -0.2) is 67.7 Å². The molecule has 0 aliphatic carbocycles. The molecule has 0 N–H and O–H groups in total. The zero-order valence-electron chi connectivity index (χ0n) is 15.3. The third-order valence-electron chi connectivity index (χ3n) is 5.27. The van der Waals surface area contributed by atoms with Gasteiger partial charge in [0.05, 0.1) is 13.2 Å². The predicted molar refractivity (Wildman–Crippen MR) is 97.9 cm³/mol. The van der Waals surface area contributed by atoms with Gasteiger partial charge in [-0.1, -0.05) is 18.2 Å². The summed E-state index contributed by atoms with van der Waals surface area (Å²) < 4.78 is 11.2. The van der Waals surface area contributed by atoms with Gasteiger partial charge in [0, 0.05) is 32.2 Å². The van der Waals surface area contributed by atoms with Crippen molar-refractivity contribution >= 4 is 5.91 Å². The first-order valence-electron chi connectivity index (χ1n) is 9.52. The fourth-order valence-corrected chi connectivity index (χ4v) is 3.73. The minimum atomic E-state index is 0.120. The van der Waals surface area contributed by atoms with E-state index < -0.39 is 0 Å². The van der Waals surface area contributed by atoms with Crippen LogP contribution in [0, 0.1) is 6.92 Å². The normalized spacial score (nSPS) is 22.0. The van der Waals surface area contributed by atoms with Crippen molar-refractivity contribution in [1.29, 1.82) is 0 Å². The van der Waals surface area contributed by atoms with Crippen LogP contribution in [0.3, 0.4) is 0 Å². The number of likely N-dealkylation sites (tertiary alicyclic amines) is 1. The fourth-order valence-electron chi connectivity index (χ4n) is 3.73. The summed E-state index contributed by atoms with van der Waals surface area (Å²) in [5.74, 6) is 0.924. The van der Waals surface area contributed by atoms with Crippen LogP contribution in [0.4, 0.5) is 0 Å². The van der Waals surface area contributed by atoms with E-state index >= 15 is 0 Å². The molecule has 1 aromatic rings. The van der Waals surface area contributed by atoms with Gasteiger partial charge in [-0.3, -0.25) is 9.69 Å². The van der Waals surface area contributed by atoms with Crippen molar-refractivity contribution in [3.63, 3.8) is 0 Å². The summed E-state index contributed by atoms with van der Waals surface area (Å²) in [6.45, 7) is 7.74. The zero-order chi connectivity index (χ0) is 17.5. The number of amides is 1. The number of hydrogen-bond donors (Lipinski definition) is 0. The lowest BCUT2D eigenvalue weighted by Gasteiger charge is -2.37. The van der Waals surface area contributed by atoms with Crippen LogP contribution in [0.5, 0.6) is 5.75 Å². The highest BCUT2D eigenvalue weighted by Crippen LogP contribution is 2.21. The Bertz CT molecular complexity index is 558. The predicted octanol–water partition coefficient (Wildman–Crippen LogP) is 2.48. The molecule has 25 heavy (non-hydrogen) atoms. The molecule has 138 valence electrons. The average molecular weight is 346 g/mol. The lowest BCUT2D eigenvalue weighted by atomic mass is 9.99. The Morgan fingerprint density at radius 3 is 2.80 bits per heavy atom. The molecule has 0 saturated carbocycles. The number of nitrogens with zero attached hydrogens (tertiary/aromatic N) is 2. The average Bonchev–Trinajstić information content (AvgIpc) is 2.66. The number of para-hydroxylation sites is 1. The Hall–Kier alpha value is -1.59. The third-order valence-corrected chi connectivity index (χ3v) is 5.27. The van der Waals surface area contributed by atoms with Crippen molar-refractivity contribution < 1.29 is 14.3 Å². The maximum absolute atomic E-state index is 12.7. The van der Waals surface area contributed by atoms with Crippen molar-refractivity contribution in [2.24, 2.45) is 0 Å². The van der Waals surface area contributed by atoms with Crippen molar-refractivity contribution in [2.75, 3.05) is 46.0 Å². The molecule has 0 bridgehead atoms. The molecule has 1 amide bonds. The number of hydrogen-bond acceptors (Lipinski definition) is 4. The highest BCUT2D eigenvalue weighted by Gasteiger charge is 2.27. The highest BCUT2D eigenvalue weighted by atomic mass is 16.5. The van der Waals surface area contributed by atoms with Gasteiger partial charge in [-0.2, -0.15) is 0 Å². The quantitative estimate of drug-likeness (QED) is 0.794. The van der Waals surface area contributed by atoms with E-state index in [0.29, 0.717) is 6.04 Å². The van der Waals surface area contributed by atoms with Crippen LogP contribution in [0.1, 0.15) is 31.2 Å². The van der Waals surface area contributed by atoms with E-state index in [-0.39, 0.29) is 12.5 Å². The fraction of sp³-hybridized carbons (Fsp3) is 0.650. The Morgan fingerprint density at radius 1 is 1.20 bits per heavy atom. The van der Waals surface area contributed by atoms with Crippen LogP contribution in [0.25, 0.3) is 0 Å². The molecule has 0 radical (unpaired) electrons. The molecular formula is C20H30N2O3. The number of benzene rings is 1. The standard InChI is InChI=1S/C20H30N2O3/c1-17-6-2-3-8-19(17)25-16-20(23)22-10-5-4-7-18(22)9-11-21-12-14-24-15-13-21/h2-3,6,8,18H,4-5,7,9-16H2,1H3/t18-/m1/s1. The summed E-state index contributed by atoms with van der Waals surface area (Å²) in [6, 6.07) is 8.21. The first-order valence-corrected chi connectivity index (χ1v) is 9.52. The first kappa shape index (κ1) is 18.2. The molecule has 2 saturated heterocycles. The second-order valence-corrected chi connectivity index (χ2v) is 7.03. The van der Waals surface area contributed by atoms with Gasteiger partial charge in [0.2, 0.25) is 0 Å². The van der Waals surface area contributed by atoms with Crippen LogP contribution >= 0.6 is 0 Å². The molecule has 3 rings (SSSR count). The highest BCUT2D eigenvalue weighted by molar-refractivity contribution is 5.78. The minimum Gasteiger partial charge on any atom is -0.484 e. The van der Waals surface area contributed by atoms with Gasteiger partial charge in [0.15, 0.2) is 6.61 Å². The molecule has 5 heteroatoms. The van der Waals surface area contributed by atoms with Gasteiger partial charge in [0.25, 0.3) is 5.91 Å². The van der Waals surface area contributed by atoms with Crippen molar-refractivity contribution in [3.8, 4) is 5.75 Å². The third kappa shape index (κ3) is 5.19. The van der Waals surface area contributed by atoms with E-state index in [4.69, 9.17) is 9.47 Å². The summed E-state index contributed by atoms with van der Waals surface area (Å²) in [4.78, 5) is 17.2. The summed E-state index contributed by atoms with van der Waals surface area (Å²) in [5, 5.41) is 0. The van der Waals surface area contributed by atoms with E-state index in [1.54, 1.807) is 0 Å². The molecule has 2 heterocycles. The number of carbonyl (C=O) groups excluding carboxylic acids is 1. The van der Waals surface area contributed by atoms with Gasteiger partial charge in [-0.25, -0.2) is 0 Å². The van der Waals surface area contributed by atoms with Gasteiger partial charge >= 0.3 is 0 Å². The number of morpholine rings is 1.